The van der Waals surface area contributed by atoms with E-state index >= 15 is 4.39 Å². The summed E-state index contributed by atoms with van der Waals surface area (Å²) in [5.41, 5.74) is 8.77. The lowest BCUT2D eigenvalue weighted by atomic mass is 9.87. The van der Waals surface area contributed by atoms with E-state index in [0.717, 1.165) is 39.9 Å². The molecule has 44 heavy (non-hydrogen) atoms. The Bertz CT molecular complexity index is 1920. The highest BCUT2D eigenvalue weighted by Gasteiger charge is 2.34. The molecule has 5 aromatic rings. The Hall–Kier alpha value is -4.49. The summed E-state index contributed by atoms with van der Waals surface area (Å²) in [4.78, 5) is 17.9. The van der Waals surface area contributed by atoms with Gasteiger partial charge in [0, 0.05) is 34.6 Å². The third-order valence-electron chi connectivity index (χ3n) is 8.26. The van der Waals surface area contributed by atoms with Crippen molar-refractivity contribution in [3.63, 3.8) is 0 Å². The minimum atomic E-state index is -1.30. The van der Waals surface area contributed by atoms with Gasteiger partial charge in [-0.15, -0.1) is 0 Å². The Morgan fingerprint density at radius 1 is 1.00 bits per heavy atom. The fourth-order valence-corrected chi connectivity index (χ4v) is 6.26. The molecule has 1 N–H and O–H groups in total. The predicted octanol–water partition coefficient (Wildman–Crippen LogP) is 8.67. The van der Waals surface area contributed by atoms with Gasteiger partial charge in [-0.05, 0) is 99.9 Å². The summed E-state index contributed by atoms with van der Waals surface area (Å²) >= 11 is 0. The Balaban J connectivity index is 1.63. The van der Waals surface area contributed by atoms with Crippen LogP contribution in [0.5, 0.6) is 5.75 Å². The molecule has 0 radical (unpaired) electrons. The zero-order valence-corrected chi connectivity index (χ0v) is 26.0. The number of aliphatic carboxylic acids is 1. The number of pyridine rings is 1. The molecule has 3 aromatic carbocycles. The van der Waals surface area contributed by atoms with Gasteiger partial charge in [-0.3, -0.25) is 0 Å². The third kappa shape index (κ3) is 5.37. The summed E-state index contributed by atoms with van der Waals surface area (Å²) in [6, 6.07) is 17.9. The maximum Gasteiger partial charge on any atom is 0.337 e. The molecule has 0 unspecified atom stereocenters. The zero-order valence-electron chi connectivity index (χ0n) is 26.0. The van der Waals surface area contributed by atoms with Gasteiger partial charge < -0.3 is 19.0 Å². The molecule has 226 valence electrons. The molecule has 7 heteroatoms. The topological polar surface area (TPSA) is 73.1 Å². The van der Waals surface area contributed by atoms with Crippen molar-refractivity contribution < 1.29 is 23.8 Å². The fraction of sp³-hybridized carbons (Fsp3) is 0.297. The molecule has 6 rings (SSSR count). The van der Waals surface area contributed by atoms with Gasteiger partial charge in [0.15, 0.2) is 17.7 Å². The van der Waals surface area contributed by atoms with Crippen LogP contribution in [0.4, 0.5) is 4.39 Å². The summed E-state index contributed by atoms with van der Waals surface area (Å²) < 4.78 is 29.5. The molecule has 1 aliphatic rings. The minimum Gasteiger partial charge on any atom is -0.490 e. The zero-order chi connectivity index (χ0) is 31.3. The maximum atomic E-state index is 15.7. The summed E-state index contributed by atoms with van der Waals surface area (Å²) in [5, 5.41) is 10.5. The van der Waals surface area contributed by atoms with Crippen molar-refractivity contribution in [2.75, 3.05) is 6.61 Å². The SMILES string of the molecule is Cc1ccccc1-c1cccc(-c2cn3cc(C)c([C@H](OC(C)(C)C)C(=O)O)c(-c4cc(F)c5c(c4C)CCCO5)c3n2)c1. The third-order valence-corrected chi connectivity index (χ3v) is 8.26. The molecule has 6 nitrogen and oxygen atoms in total. The first-order valence-corrected chi connectivity index (χ1v) is 15.0. The van der Waals surface area contributed by atoms with Crippen LogP contribution in [0.15, 0.2) is 67.0 Å². The van der Waals surface area contributed by atoms with Gasteiger partial charge in [-0.2, -0.15) is 0 Å². The van der Waals surface area contributed by atoms with Crippen LogP contribution in [0.1, 0.15) is 61.1 Å². The standard InChI is InChI=1S/C37H37FN2O4/c1-21-11-7-8-14-26(21)24-12-9-13-25(17-24)30-20-40-19-22(2)31(34(36(41)42)44-37(4,5)6)32(35(40)39-30)28-18-29(38)33-27(23(28)3)15-10-16-43-33/h7-9,11-14,17-20,34H,10,15-16H2,1-6H3,(H,41,42)/t34-/m0/s1. The van der Waals surface area contributed by atoms with Gasteiger partial charge in [-0.25, -0.2) is 14.2 Å². The Morgan fingerprint density at radius 2 is 1.75 bits per heavy atom. The van der Waals surface area contributed by atoms with E-state index in [2.05, 4.69) is 31.2 Å². The molecule has 0 aliphatic carbocycles. The molecule has 1 aliphatic heterocycles. The molecule has 3 heterocycles. The molecular weight excluding hydrogens is 555 g/mol. The lowest BCUT2D eigenvalue weighted by Crippen LogP contribution is -2.28. The lowest BCUT2D eigenvalue weighted by Gasteiger charge is -2.29. The number of aromatic nitrogens is 2. The number of carbonyl (C=O) groups is 1. The van der Waals surface area contributed by atoms with Gasteiger partial charge >= 0.3 is 5.97 Å². The summed E-state index contributed by atoms with van der Waals surface area (Å²) in [6.07, 6.45) is 3.98. The molecule has 0 fully saturated rings. The van der Waals surface area contributed by atoms with E-state index in [-0.39, 0.29) is 5.75 Å². The first kappa shape index (κ1) is 29.6. The van der Waals surface area contributed by atoms with E-state index < -0.39 is 23.5 Å². The molecule has 2 aromatic heterocycles. The van der Waals surface area contributed by atoms with E-state index in [0.29, 0.717) is 40.9 Å². The highest BCUT2D eigenvalue weighted by Crippen LogP contribution is 2.44. The number of ether oxygens (including phenoxy) is 2. The number of fused-ring (bicyclic) bond motifs is 2. The van der Waals surface area contributed by atoms with Gasteiger partial charge in [0.1, 0.15) is 5.65 Å². The Morgan fingerprint density at radius 3 is 2.48 bits per heavy atom. The van der Waals surface area contributed by atoms with Crippen LogP contribution in [0.2, 0.25) is 0 Å². The van der Waals surface area contributed by atoms with Crippen LogP contribution in [0.3, 0.4) is 0 Å². The number of carboxylic acid groups (broad SMARTS) is 1. The number of imidazole rings is 1. The Labute approximate surface area is 257 Å². The van der Waals surface area contributed by atoms with Gasteiger partial charge in [0.2, 0.25) is 0 Å². The van der Waals surface area contributed by atoms with Crippen molar-refractivity contribution in [2.24, 2.45) is 0 Å². The molecule has 0 bridgehead atoms. The monoisotopic (exact) mass is 592 g/mol. The van der Waals surface area contributed by atoms with Crippen molar-refractivity contribution in [2.45, 2.75) is 66.1 Å². The second kappa shape index (κ2) is 11.2. The van der Waals surface area contributed by atoms with Crippen LogP contribution in [-0.4, -0.2) is 32.7 Å². The Kier molecular flexibility index (Phi) is 7.54. The van der Waals surface area contributed by atoms with Crippen LogP contribution >= 0.6 is 0 Å². The van der Waals surface area contributed by atoms with Gasteiger partial charge in [-0.1, -0.05) is 42.5 Å². The molecule has 0 spiro atoms. The average Bonchev–Trinajstić information content (AvgIpc) is 3.41. The predicted molar refractivity (Wildman–Crippen MR) is 171 cm³/mol. The summed E-state index contributed by atoms with van der Waals surface area (Å²) in [7, 11) is 0. The van der Waals surface area contributed by atoms with E-state index in [9.17, 15) is 9.90 Å². The van der Waals surface area contributed by atoms with E-state index in [1.54, 1.807) is 0 Å². The number of hydrogen-bond acceptors (Lipinski definition) is 4. The number of nitrogens with zero attached hydrogens (tertiary/aromatic N) is 2. The highest BCUT2D eigenvalue weighted by molar-refractivity contribution is 5.90. The smallest absolute Gasteiger partial charge is 0.337 e. The van der Waals surface area contributed by atoms with Crippen LogP contribution in [0, 0.1) is 26.6 Å². The second-order valence-corrected chi connectivity index (χ2v) is 12.6. The highest BCUT2D eigenvalue weighted by atomic mass is 19.1. The first-order valence-electron chi connectivity index (χ1n) is 15.0. The van der Waals surface area contributed by atoms with E-state index in [1.165, 1.54) is 11.6 Å². The largest absolute Gasteiger partial charge is 0.490 e. The van der Waals surface area contributed by atoms with Crippen molar-refractivity contribution >= 4 is 11.6 Å². The van der Waals surface area contributed by atoms with Crippen LogP contribution in [0.25, 0.3) is 39.2 Å². The van der Waals surface area contributed by atoms with E-state index in [1.807, 2.05) is 75.7 Å². The van der Waals surface area contributed by atoms with Crippen molar-refractivity contribution in [3.05, 3.63) is 101 Å². The molecule has 0 saturated carbocycles. The number of carboxylic acids is 1. The van der Waals surface area contributed by atoms with E-state index in [4.69, 9.17) is 14.5 Å². The average molecular weight is 593 g/mol. The van der Waals surface area contributed by atoms with Crippen molar-refractivity contribution in [1.82, 2.24) is 9.38 Å². The van der Waals surface area contributed by atoms with Gasteiger partial charge in [0.05, 0.1) is 17.9 Å². The summed E-state index contributed by atoms with van der Waals surface area (Å²) in [5.74, 6) is -1.31. The molecule has 1 atom stereocenters. The molecule has 0 amide bonds. The molecule has 0 saturated heterocycles. The number of hydrogen-bond donors (Lipinski definition) is 1. The number of halogens is 1. The van der Waals surface area contributed by atoms with Crippen LogP contribution < -0.4 is 4.74 Å². The lowest BCUT2D eigenvalue weighted by molar-refractivity contribution is -0.160. The van der Waals surface area contributed by atoms with Crippen LogP contribution in [-0.2, 0) is 16.0 Å². The second-order valence-electron chi connectivity index (χ2n) is 12.6. The normalized spacial score (nSPS) is 13.9. The number of aryl methyl sites for hydroxylation is 2. The molecular formula is C37H37FN2O4. The number of rotatable bonds is 6. The number of benzene rings is 3. The van der Waals surface area contributed by atoms with Gasteiger partial charge in [0.25, 0.3) is 0 Å². The maximum absolute atomic E-state index is 15.7. The van der Waals surface area contributed by atoms with Crippen molar-refractivity contribution in [3.8, 4) is 39.3 Å². The minimum absolute atomic E-state index is 0.278. The fourth-order valence-electron chi connectivity index (χ4n) is 6.26. The summed E-state index contributed by atoms with van der Waals surface area (Å²) in [6.45, 7) is 11.8. The van der Waals surface area contributed by atoms with Crippen molar-refractivity contribution in [1.29, 1.82) is 0 Å². The quantitative estimate of drug-likeness (QED) is 0.214. The first-order chi connectivity index (χ1) is 20.9.